The smallest absolute Gasteiger partial charge is 0.323 e. The number of H-pyrrole nitrogens is 3. The highest BCUT2D eigenvalue weighted by Gasteiger charge is 2.18. The van der Waals surface area contributed by atoms with Gasteiger partial charge in [0.1, 0.15) is 16.8 Å². The number of aromatic amines is 3. The van der Waals surface area contributed by atoms with Crippen LogP contribution < -0.4 is 16.0 Å². The summed E-state index contributed by atoms with van der Waals surface area (Å²) in [5.41, 5.74) is 2.93. The van der Waals surface area contributed by atoms with E-state index in [-0.39, 0.29) is 11.2 Å². The van der Waals surface area contributed by atoms with Crippen molar-refractivity contribution in [2.75, 3.05) is 0 Å². The Morgan fingerprint density at radius 3 is 2.54 bits per heavy atom. The first kappa shape index (κ1) is 16.2. The Kier molecular flexibility index (Phi) is 3.48. The van der Waals surface area contributed by atoms with Crippen LogP contribution in [0.5, 0.6) is 11.5 Å². The molecule has 5 aromatic rings. The van der Waals surface area contributed by atoms with Crippen LogP contribution in [0, 0.1) is 0 Å². The molecule has 3 aromatic heterocycles. The Morgan fingerprint density at radius 2 is 1.71 bits per heavy atom. The van der Waals surface area contributed by atoms with Gasteiger partial charge >= 0.3 is 5.69 Å². The molecule has 0 bridgehead atoms. The van der Waals surface area contributed by atoms with E-state index in [1.807, 2.05) is 48.5 Å². The summed E-state index contributed by atoms with van der Waals surface area (Å²) in [7, 11) is 1.71. The monoisotopic (exact) mass is 372 g/mol. The Morgan fingerprint density at radius 1 is 0.893 bits per heavy atom. The molecule has 3 heterocycles. The molecule has 0 aliphatic heterocycles. The molecule has 28 heavy (non-hydrogen) atoms. The number of pyridine rings is 1. The van der Waals surface area contributed by atoms with Crippen LogP contribution in [0.25, 0.3) is 33.1 Å². The van der Waals surface area contributed by atoms with Gasteiger partial charge in [-0.1, -0.05) is 18.2 Å². The van der Waals surface area contributed by atoms with E-state index >= 15 is 0 Å². The Labute approximate surface area is 158 Å². The minimum Gasteiger partial charge on any atom is -0.454 e. The second kappa shape index (κ2) is 6.02. The third-order valence-electron chi connectivity index (χ3n) is 4.79. The van der Waals surface area contributed by atoms with E-state index in [0.717, 1.165) is 16.5 Å². The maximum atomic E-state index is 12.4. The highest BCUT2D eigenvalue weighted by atomic mass is 16.5. The fourth-order valence-corrected chi connectivity index (χ4v) is 3.49. The summed E-state index contributed by atoms with van der Waals surface area (Å²) < 4.78 is 7.73. The van der Waals surface area contributed by atoms with Crippen molar-refractivity contribution in [2.45, 2.75) is 0 Å². The first-order valence-corrected chi connectivity index (χ1v) is 8.77. The predicted molar refractivity (Wildman–Crippen MR) is 108 cm³/mol. The lowest BCUT2D eigenvalue weighted by Crippen LogP contribution is -2.16. The molecule has 7 nitrogen and oxygen atoms in total. The third-order valence-corrected chi connectivity index (χ3v) is 4.79. The summed E-state index contributed by atoms with van der Waals surface area (Å²) in [6, 6.07) is 14.9. The van der Waals surface area contributed by atoms with E-state index < -0.39 is 0 Å². The zero-order valence-corrected chi connectivity index (χ0v) is 14.9. The normalized spacial score (nSPS) is 11.3. The van der Waals surface area contributed by atoms with E-state index in [1.165, 1.54) is 4.57 Å². The third kappa shape index (κ3) is 2.44. The number of nitrogens with one attached hydrogen (secondary N) is 3. The second-order valence-corrected chi connectivity index (χ2v) is 6.58. The summed E-state index contributed by atoms with van der Waals surface area (Å²) in [5.74, 6) is 1.16. The molecule has 2 aromatic carbocycles. The van der Waals surface area contributed by atoms with Crippen LogP contribution in [0.3, 0.4) is 0 Å². The molecule has 0 radical (unpaired) electrons. The first-order valence-electron chi connectivity index (χ1n) is 8.77. The molecular weight excluding hydrogens is 356 g/mol. The number of aromatic nitrogens is 4. The number of hydrogen-bond donors (Lipinski definition) is 3. The molecule has 0 fully saturated rings. The Bertz CT molecular complexity index is 1440. The highest BCUT2D eigenvalue weighted by Crippen LogP contribution is 2.40. The predicted octanol–water partition coefficient (Wildman–Crippen LogP) is 3.50. The zero-order valence-electron chi connectivity index (χ0n) is 14.9. The number of imidazole rings is 1. The summed E-state index contributed by atoms with van der Waals surface area (Å²) in [4.78, 5) is 32.9. The lowest BCUT2D eigenvalue weighted by molar-refractivity contribution is 0.489. The van der Waals surface area contributed by atoms with Gasteiger partial charge in [0.05, 0.1) is 5.52 Å². The molecule has 3 N–H and O–H groups in total. The number of benzene rings is 2. The van der Waals surface area contributed by atoms with Gasteiger partial charge < -0.3 is 24.3 Å². The van der Waals surface area contributed by atoms with Gasteiger partial charge in [0.15, 0.2) is 5.75 Å². The van der Waals surface area contributed by atoms with Gasteiger partial charge in [0.25, 0.3) is 5.56 Å². The molecule has 0 aliphatic rings. The number of aryl methyl sites for hydroxylation is 1. The number of rotatable bonds is 3. The van der Waals surface area contributed by atoms with E-state index in [4.69, 9.17) is 4.74 Å². The van der Waals surface area contributed by atoms with Crippen molar-refractivity contribution >= 4 is 21.9 Å². The topological polar surface area (TPSA) is 95.7 Å². The van der Waals surface area contributed by atoms with Crippen LogP contribution in [-0.4, -0.2) is 19.5 Å². The highest BCUT2D eigenvalue weighted by molar-refractivity contribution is 6.00. The molecule has 0 saturated heterocycles. The largest absolute Gasteiger partial charge is 0.454 e. The Balaban J connectivity index is 1.84. The van der Waals surface area contributed by atoms with Gasteiger partial charge in [-0.2, -0.15) is 0 Å². The van der Waals surface area contributed by atoms with Crippen molar-refractivity contribution in [3.8, 4) is 22.6 Å². The van der Waals surface area contributed by atoms with Crippen LogP contribution in [0.4, 0.5) is 0 Å². The minimum absolute atomic E-state index is 0.106. The maximum absolute atomic E-state index is 12.4. The fraction of sp³-hybridized carbons (Fsp3) is 0.0476. The molecule has 0 spiro atoms. The van der Waals surface area contributed by atoms with Crippen LogP contribution in [-0.2, 0) is 7.05 Å². The van der Waals surface area contributed by atoms with Crippen molar-refractivity contribution in [1.29, 1.82) is 0 Å². The van der Waals surface area contributed by atoms with Crippen molar-refractivity contribution in [3.05, 3.63) is 81.8 Å². The van der Waals surface area contributed by atoms with Gasteiger partial charge in [-0.3, -0.25) is 4.79 Å². The second-order valence-electron chi connectivity index (χ2n) is 6.58. The lowest BCUT2D eigenvalue weighted by atomic mass is 10.0. The first-order chi connectivity index (χ1) is 13.6. The summed E-state index contributed by atoms with van der Waals surface area (Å²) >= 11 is 0. The van der Waals surface area contributed by atoms with Crippen LogP contribution in [0.15, 0.2) is 70.5 Å². The van der Waals surface area contributed by atoms with Crippen molar-refractivity contribution < 1.29 is 4.74 Å². The molecule has 0 atom stereocenters. The van der Waals surface area contributed by atoms with E-state index in [1.54, 1.807) is 19.4 Å². The van der Waals surface area contributed by atoms with Gasteiger partial charge in [0, 0.05) is 36.0 Å². The minimum atomic E-state index is -0.308. The number of para-hydroxylation sites is 1. The zero-order chi connectivity index (χ0) is 19.3. The molecule has 0 aliphatic carbocycles. The van der Waals surface area contributed by atoms with Gasteiger partial charge in [0.2, 0.25) is 0 Å². The number of fused-ring (bicyclic) bond motifs is 2. The average Bonchev–Trinajstić information content (AvgIpc) is 3.32. The van der Waals surface area contributed by atoms with E-state index in [2.05, 4.69) is 15.0 Å². The van der Waals surface area contributed by atoms with E-state index in [9.17, 15) is 9.59 Å². The SMILES string of the molecule is Cn1cc(-c2ccc3[nH]c(=O)[nH]c3c2Oc2ccccc2)c2cc[nH]c2c1=O. The van der Waals surface area contributed by atoms with Crippen LogP contribution >= 0.6 is 0 Å². The molecule has 0 saturated carbocycles. The Hall–Kier alpha value is -4.00. The van der Waals surface area contributed by atoms with Crippen LogP contribution in [0.1, 0.15) is 0 Å². The summed E-state index contributed by atoms with van der Waals surface area (Å²) in [5, 5.41) is 0.790. The lowest BCUT2D eigenvalue weighted by Gasteiger charge is -2.14. The average molecular weight is 372 g/mol. The summed E-state index contributed by atoms with van der Waals surface area (Å²) in [6.45, 7) is 0. The molecule has 5 rings (SSSR count). The molecule has 138 valence electrons. The number of nitrogens with zero attached hydrogens (tertiary/aromatic N) is 1. The quantitative estimate of drug-likeness (QED) is 0.452. The van der Waals surface area contributed by atoms with Crippen molar-refractivity contribution in [2.24, 2.45) is 7.05 Å². The number of ether oxygens (including phenoxy) is 1. The van der Waals surface area contributed by atoms with Gasteiger partial charge in [-0.25, -0.2) is 4.79 Å². The van der Waals surface area contributed by atoms with E-state index in [0.29, 0.717) is 28.0 Å². The standard InChI is InChI=1S/C21H16N4O3/c1-25-11-15(13-9-10-22-17(13)20(25)26)14-7-8-16-18(24-21(27)23-16)19(14)28-12-5-3-2-4-6-12/h2-11,22H,1H3,(H2,23,24,27). The van der Waals surface area contributed by atoms with Crippen LogP contribution in [0.2, 0.25) is 0 Å². The fourth-order valence-electron chi connectivity index (χ4n) is 3.49. The molecule has 0 unspecified atom stereocenters. The van der Waals surface area contributed by atoms with Crippen molar-refractivity contribution in [1.82, 2.24) is 19.5 Å². The maximum Gasteiger partial charge on any atom is 0.323 e. The molecule has 0 amide bonds. The summed E-state index contributed by atoms with van der Waals surface area (Å²) in [6.07, 6.45) is 3.52. The molecule has 7 heteroatoms. The van der Waals surface area contributed by atoms with Gasteiger partial charge in [-0.05, 0) is 30.3 Å². The van der Waals surface area contributed by atoms with Crippen molar-refractivity contribution in [3.63, 3.8) is 0 Å². The molecular formula is C21H16N4O3. The number of hydrogen-bond acceptors (Lipinski definition) is 3. The van der Waals surface area contributed by atoms with Gasteiger partial charge in [-0.15, -0.1) is 0 Å².